The van der Waals surface area contributed by atoms with Crippen molar-refractivity contribution in [2.24, 2.45) is 0 Å². The van der Waals surface area contributed by atoms with Gasteiger partial charge in [0.05, 0.1) is 4.90 Å². The summed E-state index contributed by atoms with van der Waals surface area (Å²) >= 11 is 0. The molecule has 6 heteroatoms. The summed E-state index contributed by atoms with van der Waals surface area (Å²) in [5, 5.41) is 0. The zero-order valence-corrected chi connectivity index (χ0v) is 16.4. The lowest BCUT2D eigenvalue weighted by molar-refractivity contribution is -0.118. The molecule has 138 valence electrons. The molecular formula is C20H24N2O3S. The van der Waals surface area contributed by atoms with Gasteiger partial charge in [0, 0.05) is 23.8 Å². The Kier molecular flexibility index (Phi) is 4.80. The number of hydrogen-bond donors (Lipinski definition) is 1. The molecule has 0 bridgehead atoms. The van der Waals surface area contributed by atoms with E-state index in [-0.39, 0.29) is 16.8 Å². The van der Waals surface area contributed by atoms with E-state index < -0.39 is 10.0 Å². The molecule has 0 saturated heterocycles. The van der Waals surface area contributed by atoms with Crippen LogP contribution in [0.3, 0.4) is 0 Å². The molecule has 3 rings (SSSR count). The lowest BCUT2D eigenvalue weighted by Gasteiger charge is -2.22. The number of fused-ring (bicyclic) bond motifs is 1. The molecule has 0 spiro atoms. The van der Waals surface area contributed by atoms with Crippen molar-refractivity contribution in [3.8, 4) is 0 Å². The van der Waals surface area contributed by atoms with Crippen molar-refractivity contribution in [1.82, 2.24) is 0 Å². The first-order valence-corrected chi connectivity index (χ1v) is 10.3. The number of hydrogen-bond acceptors (Lipinski definition) is 3. The van der Waals surface area contributed by atoms with Gasteiger partial charge in [-0.15, -0.1) is 0 Å². The Morgan fingerprint density at radius 3 is 2.54 bits per heavy atom. The Morgan fingerprint density at radius 2 is 1.88 bits per heavy atom. The Morgan fingerprint density at radius 1 is 1.15 bits per heavy atom. The molecule has 1 aliphatic heterocycles. The van der Waals surface area contributed by atoms with Crippen LogP contribution in [0.15, 0.2) is 41.3 Å². The van der Waals surface area contributed by atoms with Crippen molar-refractivity contribution < 1.29 is 13.2 Å². The van der Waals surface area contributed by atoms with Gasteiger partial charge in [-0.25, -0.2) is 8.42 Å². The molecule has 0 radical (unpaired) electrons. The third-order valence-corrected chi connectivity index (χ3v) is 6.29. The van der Waals surface area contributed by atoms with Crippen molar-refractivity contribution in [2.75, 3.05) is 9.62 Å². The molecule has 1 amide bonds. The molecule has 2 aromatic carbocycles. The van der Waals surface area contributed by atoms with Crippen molar-refractivity contribution in [3.05, 3.63) is 53.1 Å². The van der Waals surface area contributed by atoms with E-state index in [2.05, 4.69) is 4.72 Å². The van der Waals surface area contributed by atoms with Gasteiger partial charge in [0.25, 0.3) is 10.0 Å². The number of sulfonamides is 1. The number of anilines is 2. The maximum absolute atomic E-state index is 12.8. The highest BCUT2D eigenvalue weighted by atomic mass is 32.2. The second-order valence-electron chi connectivity index (χ2n) is 6.87. The van der Waals surface area contributed by atoms with Crippen LogP contribution in [0.25, 0.3) is 0 Å². The summed E-state index contributed by atoms with van der Waals surface area (Å²) in [6.07, 6.45) is 1.09. The Labute approximate surface area is 155 Å². The summed E-state index contributed by atoms with van der Waals surface area (Å²) in [5.41, 5.74) is 4.39. The standard InChI is InChI=1S/C20H24N2O3S/c1-5-20(23)22-15(4)11-16-12-18(8-9-19(16)22)26(24,25)21-17-7-6-13(2)14(3)10-17/h6-10,12,15,21H,5,11H2,1-4H3/t15-/m0/s1. The lowest BCUT2D eigenvalue weighted by Crippen LogP contribution is -2.35. The number of nitrogens with one attached hydrogen (secondary N) is 1. The minimum Gasteiger partial charge on any atom is -0.309 e. The maximum Gasteiger partial charge on any atom is 0.261 e. The van der Waals surface area contributed by atoms with Crippen LogP contribution in [-0.4, -0.2) is 20.4 Å². The van der Waals surface area contributed by atoms with E-state index in [0.29, 0.717) is 18.5 Å². The van der Waals surface area contributed by atoms with Crippen LogP contribution in [0.4, 0.5) is 11.4 Å². The van der Waals surface area contributed by atoms with E-state index in [9.17, 15) is 13.2 Å². The third kappa shape index (κ3) is 3.33. The van der Waals surface area contributed by atoms with Gasteiger partial charge in [-0.05, 0) is 74.2 Å². The highest BCUT2D eigenvalue weighted by Gasteiger charge is 2.31. The van der Waals surface area contributed by atoms with Gasteiger partial charge in [0.15, 0.2) is 0 Å². The number of carbonyl (C=O) groups is 1. The number of carbonyl (C=O) groups excluding carboxylic acids is 1. The average molecular weight is 372 g/mol. The van der Waals surface area contributed by atoms with Crippen LogP contribution < -0.4 is 9.62 Å². The largest absolute Gasteiger partial charge is 0.309 e. The van der Waals surface area contributed by atoms with E-state index in [1.54, 1.807) is 29.2 Å². The van der Waals surface area contributed by atoms with Gasteiger partial charge < -0.3 is 4.90 Å². The second-order valence-corrected chi connectivity index (χ2v) is 8.55. The molecule has 2 aromatic rings. The summed E-state index contributed by atoms with van der Waals surface area (Å²) in [5.74, 6) is 0.0557. The van der Waals surface area contributed by atoms with Gasteiger partial charge in [-0.2, -0.15) is 0 Å². The van der Waals surface area contributed by atoms with Crippen LogP contribution >= 0.6 is 0 Å². The Hall–Kier alpha value is -2.34. The van der Waals surface area contributed by atoms with Gasteiger partial charge in [-0.3, -0.25) is 9.52 Å². The highest BCUT2D eigenvalue weighted by Crippen LogP contribution is 2.34. The quantitative estimate of drug-likeness (QED) is 0.888. The lowest BCUT2D eigenvalue weighted by atomic mass is 10.1. The number of rotatable bonds is 4. The minimum absolute atomic E-state index is 0.0445. The number of nitrogens with zero attached hydrogens (tertiary/aromatic N) is 1. The normalized spacial score (nSPS) is 16.5. The van der Waals surface area contributed by atoms with E-state index in [1.165, 1.54) is 0 Å². The van der Waals surface area contributed by atoms with Crippen LogP contribution in [0.1, 0.15) is 37.0 Å². The molecule has 0 fully saturated rings. The molecule has 26 heavy (non-hydrogen) atoms. The number of benzene rings is 2. The summed E-state index contributed by atoms with van der Waals surface area (Å²) in [4.78, 5) is 14.1. The zero-order chi connectivity index (χ0) is 19.1. The Balaban J connectivity index is 1.91. The molecule has 1 atom stereocenters. The summed E-state index contributed by atoms with van der Waals surface area (Å²) in [7, 11) is -3.68. The molecule has 0 saturated carbocycles. The van der Waals surface area contributed by atoms with Crippen LogP contribution in [0, 0.1) is 13.8 Å². The first-order chi connectivity index (χ1) is 12.2. The zero-order valence-electron chi connectivity index (χ0n) is 15.5. The van der Waals surface area contributed by atoms with Crippen molar-refractivity contribution in [2.45, 2.75) is 51.5 Å². The predicted molar refractivity (Wildman–Crippen MR) is 104 cm³/mol. The van der Waals surface area contributed by atoms with E-state index in [4.69, 9.17) is 0 Å². The SMILES string of the molecule is CCC(=O)N1c2ccc(S(=O)(=O)Nc3ccc(C)c(C)c3)cc2C[C@@H]1C. The molecule has 1 heterocycles. The highest BCUT2D eigenvalue weighted by molar-refractivity contribution is 7.92. The molecule has 0 aliphatic carbocycles. The van der Waals surface area contributed by atoms with Crippen LogP contribution in [0.2, 0.25) is 0 Å². The first-order valence-electron chi connectivity index (χ1n) is 8.78. The van der Waals surface area contributed by atoms with Crippen molar-refractivity contribution in [1.29, 1.82) is 0 Å². The van der Waals surface area contributed by atoms with Gasteiger partial charge in [0.2, 0.25) is 5.91 Å². The molecule has 0 aromatic heterocycles. The molecular weight excluding hydrogens is 348 g/mol. The fourth-order valence-corrected chi connectivity index (χ4v) is 4.44. The molecule has 5 nitrogen and oxygen atoms in total. The Bertz CT molecular complexity index is 967. The van der Waals surface area contributed by atoms with Crippen molar-refractivity contribution in [3.63, 3.8) is 0 Å². The molecule has 0 unspecified atom stereocenters. The average Bonchev–Trinajstić information content (AvgIpc) is 2.92. The molecule has 1 N–H and O–H groups in total. The van der Waals surface area contributed by atoms with Crippen LogP contribution in [0.5, 0.6) is 0 Å². The maximum atomic E-state index is 12.8. The van der Waals surface area contributed by atoms with Crippen LogP contribution in [-0.2, 0) is 21.2 Å². The number of amides is 1. The second kappa shape index (κ2) is 6.76. The summed E-state index contributed by atoms with van der Waals surface area (Å²) in [6, 6.07) is 10.5. The monoisotopic (exact) mass is 372 g/mol. The third-order valence-electron chi connectivity index (χ3n) is 4.91. The fourth-order valence-electron chi connectivity index (χ4n) is 3.34. The van der Waals surface area contributed by atoms with E-state index in [1.807, 2.05) is 39.8 Å². The predicted octanol–water partition coefficient (Wildman–Crippen LogP) is 3.79. The van der Waals surface area contributed by atoms with E-state index >= 15 is 0 Å². The summed E-state index contributed by atoms with van der Waals surface area (Å²) < 4.78 is 28.2. The minimum atomic E-state index is -3.68. The first kappa shape index (κ1) is 18.5. The van der Waals surface area contributed by atoms with E-state index in [0.717, 1.165) is 22.4 Å². The topological polar surface area (TPSA) is 66.5 Å². The fraction of sp³-hybridized carbons (Fsp3) is 0.350. The van der Waals surface area contributed by atoms with Crippen molar-refractivity contribution >= 4 is 27.3 Å². The van der Waals surface area contributed by atoms with Gasteiger partial charge in [0.1, 0.15) is 0 Å². The van der Waals surface area contributed by atoms with Gasteiger partial charge >= 0.3 is 0 Å². The molecule has 1 aliphatic rings. The summed E-state index contributed by atoms with van der Waals surface area (Å²) in [6.45, 7) is 7.75. The smallest absolute Gasteiger partial charge is 0.261 e. The number of aryl methyl sites for hydroxylation is 2. The van der Waals surface area contributed by atoms with Gasteiger partial charge in [-0.1, -0.05) is 13.0 Å².